The van der Waals surface area contributed by atoms with Crippen molar-refractivity contribution in [2.45, 2.75) is 17.0 Å². The van der Waals surface area contributed by atoms with Crippen molar-refractivity contribution in [1.29, 1.82) is 0 Å². The first kappa shape index (κ1) is 22.9. The molecule has 3 rings (SSSR count). The fourth-order valence-corrected chi connectivity index (χ4v) is 4.25. The third kappa shape index (κ3) is 7.16. The van der Waals surface area contributed by atoms with E-state index in [1.807, 2.05) is 6.92 Å². The highest BCUT2D eigenvalue weighted by Gasteiger charge is 2.14. The number of carbonyl (C=O) groups excluding carboxylic acids is 1. The quantitative estimate of drug-likeness (QED) is 0.300. The van der Waals surface area contributed by atoms with Gasteiger partial charge in [0.15, 0.2) is 6.61 Å². The molecule has 1 heterocycles. The second-order valence-corrected chi connectivity index (χ2v) is 9.46. The molecular weight excluding hydrogens is 462 g/mol. The smallest absolute Gasteiger partial charge is 0.261 e. The zero-order valence-electron chi connectivity index (χ0n) is 16.5. The Morgan fingerprint density at radius 3 is 2.52 bits per heavy atom. The number of aromatic amines is 1. The van der Waals surface area contributed by atoms with E-state index in [4.69, 9.17) is 16.3 Å². The van der Waals surface area contributed by atoms with Crippen molar-refractivity contribution in [3.05, 3.63) is 59.4 Å². The average Bonchev–Trinajstić information content (AvgIpc) is 3.16. The summed E-state index contributed by atoms with van der Waals surface area (Å²) in [6.07, 6.45) is 0. The van der Waals surface area contributed by atoms with Gasteiger partial charge >= 0.3 is 0 Å². The predicted molar refractivity (Wildman–Crippen MR) is 119 cm³/mol. The summed E-state index contributed by atoms with van der Waals surface area (Å²) in [5.74, 6) is 1.45. The zero-order valence-corrected chi connectivity index (χ0v) is 18.9. The summed E-state index contributed by atoms with van der Waals surface area (Å²) < 4.78 is 32.8. The molecule has 3 N–H and O–H groups in total. The zero-order chi connectivity index (χ0) is 22.3. The van der Waals surface area contributed by atoms with Gasteiger partial charge in [-0.15, -0.1) is 5.10 Å². The Bertz CT molecular complexity index is 1120. The van der Waals surface area contributed by atoms with Gasteiger partial charge in [-0.1, -0.05) is 23.4 Å². The molecule has 0 spiro atoms. The van der Waals surface area contributed by atoms with Gasteiger partial charge in [0.2, 0.25) is 5.16 Å². The molecule has 31 heavy (non-hydrogen) atoms. The third-order valence-electron chi connectivity index (χ3n) is 3.83. The lowest BCUT2D eigenvalue weighted by Gasteiger charge is -2.10. The van der Waals surface area contributed by atoms with Crippen LogP contribution in [-0.2, 0) is 14.8 Å². The number of hydrogen-bond acceptors (Lipinski definition) is 7. The van der Waals surface area contributed by atoms with Crippen LogP contribution < -0.4 is 14.8 Å². The van der Waals surface area contributed by atoms with E-state index in [0.717, 1.165) is 5.82 Å². The number of hydrogen-bond donors (Lipinski definition) is 3. The van der Waals surface area contributed by atoms with Crippen LogP contribution in [0.25, 0.3) is 0 Å². The fraction of sp³-hybridized carbons (Fsp3) is 0.211. The van der Waals surface area contributed by atoms with Gasteiger partial charge in [-0.2, -0.15) is 0 Å². The first-order chi connectivity index (χ1) is 14.8. The molecule has 0 aliphatic carbocycles. The molecule has 0 radical (unpaired) electrons. The Hall–Kier alpha value is -2.76. The van der Waals surface area contributed by atoms with Crippen LogP contribution in [-0.4, -0.2) is 48.4 Å². The van der Waals surface area contributed by atoms with Crippen LogP contribution >= 0.6 is 23.4 Å². The topological polar surface area (TPSA) is 126 Å². The second-order valence-electron chi connectivity index (χ2n) is 6.27. The first-order valence-electron chi connectivity index (χ1n) is 9.11. The number of rotatable bonds is 10. The molecule has 0 aliphatic rings. The van der Waals surface area contributed by atoms with Gasteiger partial charge in [-0.05, 0) is 55.5 Å². The first-order valence-corrected chi connectivity index (χ1v) is 12.0. The number of thioether (sulfide) groups is 1. The molecular formula is C19H20ClN5O4S2. The maximum atomic E-state index is 12.5. The summed E-state index contributed by atoms with van der Waals surface area (Å²) >= 11 is 7.23. The molecule has 0 bridgehead atoms. The number of carbonyl (C=O) groups is 1. The second kappa shape index (κ2) is 10.5. The van der Waals surface area contributed by atoms with Crippen LogP contribution in [0, 0.1) is 6.92 Å². The van der Waals surface area contributed by atoms with Crippen molar-refractivity contribution in [3.63, 3.8) is 0 Å². The summed E-state index contributed by atoms with van der Waals surface area (Å²) in [6.45, 7) is 2.07. The summed E-state index contributed by atoms with van der Waals surface area (Å²) in [6, 6.07) is 12.1. The molecule has 0 saturated carbocycles. The van der Waals surface area contributed by atoms with Gasteiger partial charge in [0.25, 0.3) is 15.9 Å². The predicted octanol–water partition coefficient (Wildman–Crippen LogP) is 2.85. The van der Waals surface area contributed by atoms with Crippen LogP contribution in [0.5, 0.6) is 5.75 Å². The molecule has 0 unspecified atom stereocenters. The van der Waals surface area contributed by atoms with Gasteiger partial charge in [-0.25, -0.2) is 13.4 Å². The molecule has 0 fully saturated rings. The Morgan fingerprint density at radius 2 is 1.87 bits per heavy atom. The minimum Gasteiger partial charge on any atom is -0.484 e. The van der Waals surface area contributed by atoms with Crippen molar-refractivity contribution in [2.75, 3.05) is 23.6 Å². The number of anilines is 1. The summed E-state index contributed by atoms with van der Waals surface area (Å²) in [5.41, 5.74) is 0.401. The third-order valence-corrected chi connectivity index (χ3v) is 6.33. The minimum atomic E-state index is -3.75. The van der Waals surface area contributed by atoms with Crippen molar-refractivity contribution in [1.82, 2.24) is 20.5 Å². The summed E-state index contributed by atoms with van der Waals surface area (Å²) in [4.78, 5) is 16.1. The van der Waals surface area contributed by atoms with E-state index >= 15 is 0 Å². The minimum absolute atomic E-state index is 0.0680. The molecule has 164 valence electrons. The SMILES string of the molecule is Cc1nc(SCCNC(=O)COc2ccc(S(=O)(=O)Nc3ccc(Cl)cc3)cc2)n[nH]1. The largest absolute Gasteiger partial charge is 0.484 e. The van der Waals surface area contributed by atoms with Crippen molar-refractivity contribution in [2.24, 2.45) is 0 Å². The lowest BCUT2D eigenvalue weighted by atomic mass is 10.3. The molecule has 12 heteroatoms. The van der Waals surface area contributed by atoms with E-state index in [0.29, 0.717) is 33.9 Å². The average molecular weight is 482 g/mol. The van der Waals surface area contributed by atoms with Crippen LogP contribution in [0.1, 0.15) is 5.82 Å². The van der Waals surface area contributed by atoms with Crippen LogP contribution in [0.2, 0.25) is 5.02 Å². The van der Waals surface area contributed by atoms with Gasteiger partial charge in [0.05, 0.1) is 4.90 Å². The molecule has 3 aromatic rings. The Morgan fingerprint density at radius 1 is 1.16 bits per heavy atom. The molecule has 9 nitrogen and oxygen atoms in total. The highest BCUT2D eigenvalue weighted by Crippen LogP contribution is 2.20. The number of aromatic nitrogens is 3. The number of ether oxygens (including phenoxy) is 1. The van der Waals surface area contributed by atoms with E-state index in [2.05, 4.69) is 25.2 Å². The number of aryl methyl sites for hydroxylation is 1. The maximum Gasteiger partial charge on any atom is 0.261 e. The highest BCUT2D eigenvalue weighted by atomic mass is 35.5. The molecule has 0 atom stereocenters. The van der Waals surface area contributed by atoms with Gasteiger partial charge in [0.1, 0.15) is 11.6 Å². The number of H-pyrrole nitrogens is 1. The number of nitrogens with zero attached hydrogens (tertiary/aromatic N) is 2. The normalized spacial score (nSPS) is 11.2. The van der Waals surface area contributed by atoms with E-state index in [1.54, 1.807) is 24.3 Å². The van der Waals surface area contributed by atoms with E-state index in [1.165, 1.54) is 36.0 Å². The summed E-state index contributed by atoms with van der Waals surface area (Å²) in [5, 5.41) is 10.6. The van der Waals surface area contributed by atoms with Crippen LogP contribution in [0.15, 0.2) is 58.6 Å². The van der Waals surface area contributed by atoms with Crippen LogP contribution in [0.4, 0.5) is 5.69 Å². The van der Waals surface area contributed by atoms with Gasteiger partial charge in [-0.3, -0.25) is 14.6 Å². The van der Waals surface area contributed by atoms with E-state index in [9.17, 15) is 13.2 Å². The van der Waals surface area contributed by atoms with Crippen molar-refractivity contribution in [3.8, 4) is 5.75 Å². The number of amides is 1. The fourth-order valence-electron chi connectivity index (χ4n) is 2.37. The van der Waals surface area contributed by atoms with E-state index in [-0.39, 0.29) is 17.4 Å². The molecule has 1 aromatic heterocycles. The standard InChI is InChI=1S/C19H20ClN5O4S2/c1-13-22-19(24-23-13)30-11-10-21-18(26)12-29-16-6-8-17(9-7-16)31(27,28)25-15-4-2-14(20)3-5-15/h2-9,25H,10-12H2,1H3,(H,21,26)(H,22,23,24). The number of halogens is 1. The molecule has 0 aliphatic heterocycles. The summed E-state index contributed by atoms with van der Waals surface area (Å²) in [7, 11) is -3.75. The van der Waals surface area contributed by atoms with Gasteiger partial charge in [0, 0.05) is 23.0 Å². The monoisotopic (exact) mass is 481 g/mol. The maximum absolute atomic E-state index is 12.5. The number of sulfonamides is 1. The van der Waals surface area contributed by atoms with Crippen molar-refractivity contribution >= 4 is 45.0 Å². The van der Waals surface area contributed by atoms with Crippen molar-refractivity contribution < 1.29 is 17.9 Å². The molecule has 2 aromatic carbocycles. The van der Waals surface area contributed by atoms with Crippen LogP contribution in [0.3, 0.4) is 0 Å². The Kier molecular flexibility index (Phi) is 7.77. The number of benzene rings is 2. The Balaban J connectivity index is 1.43. The highest BCUT2D eigenvalue weighted by molar-refractivity contribution is 7.99. The molecule has 0 saturated heterocycles. The lowest BCUT2D eigenvalue weighted by Crippen LogP contribution is -2.30. The number of nitrogens with one attached hydrogen (secondary N) is 3. The lowest BCUT2D eigenvalue weighted by molar-refractivity contribution is -0.122. The van der Waals surface area contributed by atoms with E-state index < -0.39 is 10.0 Å². The molecule has 1 amide bonds. The van der Waals surface area contributed by atoms with Gasteiger partial charge < -0.3 is 10.1 Å². The Labute approximate surface area is 189 Å².